The number of amides is 1. The maximum absolute atomic E-state index is 11.2. The van der Waals surface area contributed by atoms with Crippen LogP contribution in [0.3, 0.4) is 0 Å². The van der Waals surface area contributed by atoms with Crippen molar-refractivity contribution in [3.05, 3.63) is 0 Å². The number of rotatable bonds is 6. The van der Waals surface area contributed by atoms with Gasteiger partial charge in [-0.05, 0) is 20.8 Å². The molecule has 0 aromatic rings. The smallest absolute Gasteiger partial charge is 0.409 e. The van der Waals surface area contributed by atoms with Gasteiger partial charge in [0, 0.05) is 19.7 Å². The molecule has 0 rings (SSSR count). The van der Waals surface area contributed by atoms with Crippen LogP contribution in [0.2, 0.25) is 0 Å². The van der Waals surface area contributed by atoms with E-state index in [0.29, 0.717) is 32.9 Å². The van der Waals surface area contributed by atoms with Crippen molar-refractivity contribution in [2.24, 2.45) is 0 Å². The number of carbonyl (C=O) groups is 1. The first kappa shape index (κ1) is 12.2. The molecule has 0 aliphatic carbocycles. The minimum atomic E-state index is -0.260. The molecule has 78 valence electrons. The van der Waals surface area contributed by atoms with E-state index in [1.54, 1.807) is 11.8 Å². The van der Waals surface area contributed by atoms with Crippen LogP contribution in [0.4, 0.5) is 4.79 Å². The zero-order valence-corrected chi connectivity index (χ0v) is 8.71. The summed E-state index contributed by atoms with van der Waals surface area (Å²) in [6.45, 7) is 8.58. The first-order valence-electron chi connectivity index (χ1n) is 4.75. The lowest BCUT2D eigenvalue weighted by Gasteiger charge is -2.19. The Kier molecular flexibility index (Phi) is 7.39. The third-order valence-corrected chi connectivity index (χ3v) is 1.62. The Morgan fingerprint density at radius 1 is 1.23 bits per heavy atom. The van der Waals surface area contributed by atoms with E-state index in [-0.39, 0.29) is 6.09 Å². The first-order chi connectivity index (χ1) is 6.26. The van der Waals surface area contributed by atoms with Crippen molar-refractivity contribution in [3.63, 3.8) is 0 Å². The second kappa shape index (κ2) is 7.86. The number of hydrogen-bond acceptors (Lipinski definition) is 3. The molecule has 1 amide bonds. The van der Waals surface area contributed by atoms with Crippen molar-refractivity contribution in [1.82, 2.24) is 4.90 Å². The highest BCUT2D eigenvalue weighted by Crippen LogP contribution is 1.93. The molecule has 0 aromatic carbocycles. The highest BCUT2D eigenvalue weighted by molar-refractivity contribution is 5.67. The van der Waals surface area contributed by atoms with E-state index in [4.69, 9.17) is 9.47 Å². The predicted molar refractivity (Wildman–Crippen MR) is 50.8 cm³/mol. The summed E-state index contributed by atoms with van der Waals surface area (Å²) < 4.78 is 10.0. The molecule has 0 bridgehead atoms. The summed E-state index contributed by atoms with van der Waals surface area (Å²) in [7, 11) is 0. The monoisotopic (exact) mass is 189 g/mol. The third-order valence-electron chi connectivity index (χ3n) is 1.62. The normalized spacial score (nSPS) is 9.77. The minimum absolute atomic E-state index is 0.260. The standard InChI is InChI=1S/C9H19NO3/c1-4-10(7-8-12-5-2)9(11)13-6-3/h4-8H2,1-3H3. The Labute approximate surface area is 79.8 Å². The molecule has 0 aliphatic heterocycles. The number of carbonyl (C=O) groups excluding carboxylic acids is 1. The van der Waals surface area contributed by atoms with Crippen LogP contribution in [0.1, 0.15) is 20.8 Å². The Hall–Kier alpha value is -0.770. The quantitative estimate of drug-likeness (QED) is 0.594. The van der Waals surface area contributed by atoms with Crippen molar-refractivity contribution in [2.75, 3.05) is 32.9 Å². The fourth-order valence-corrected chi connectivity index (χ4v) is 0.912. The highest BCUT2D eigenvalue weighted by Gasteiger charge is 2.10. The maximum Gasteiger partial charge on any atom is 0.409 e. The summed E-state index contributed by atoms with van der Waals surface area (Å²) in [5.41, 5.74) is 0. The molecule has 0 radical (unpaired) electrons. The SMILES string of the molecule is CCOCCN(CC)C(=O)OCC. The van der Waals surface area contributed by atoms with Crippen molar-refractivity contribution in [2.45, 2.75) is 20.8 Å². The molecular formula is C9H19NO3. The van der Waals surface area contributed by atoms with E-state index in [1.165, 1.54) is 0 Å². The van der Waals surface area contributed by atoms with Crippen LogP contribution < -0.4 is 0 Å². The van der Waals surface area contributed by atoms with E-state index in [0.717, 1.165) is 0 Å². The molecule has 0 aromatic heterocycles. The van der Waals surface area contributed by atoms with Gasteiger partial charge in [-0.3, -0.25) is 0 Å². The molecule has 4 nitrogen and oxygen atoms in total. The van der Waals surface area contributed by atoms with Crippen LogP contribution in [0.15, 0.2) is 0 Å². The van der Waals surface area contributed by atoms with Crippen LogP contribution >= 0.6 is 0 Å². The fourth-order valence-electron chi connectivity index (χ4n) is 0.912. The summed E-state index contributed by atoms with van der Waals surface area (Å²) in [6.07, 6.45) is -0.260. The maximum atomic E-state index is 11.2. The van der Waals surface area contributed by atoms with E-state index >= 15 is 0 Å². The number of nitrogens with zero attached hydrogens (tertiary/aromatic N) is 1. The predicted octanol–water partition coefficient (Wildman–Crippen LogP) is 1.50. The molecule has 0 saturated carbocycles. The molecule has 0 heterocycles. The Bertz CT molecular complexity index is 139. The van der Waals surface area contributed by atoms with Crippen LogP contribution in [-0.2, 0) is 9.47 Å². The molecule has 0 saturated heterocycles. The topological polar surface area (TPSA) is 38.8 Å². The Morgan fingerprint density at radius 3 is 2.38 bits per heavy atom. The summed E-state index contributed by atoms with van der Waals surface area (Å²) >= 11 is 0. The van der Waals surface area contributed by atoms with Gasteiger partial charge in [-0.2, -0.15) is 0 Å². The molecule has 0 aliphatic rings. The lowest BCUT2D eigenvalue weighted by molar-refractivity contribution is 0.0832. The van der Waals surface area contributed by atoms with Crippen LogP contribution in [0.25, 0.3) is 0 Å². The number of ether oxygens (including phenoxy) is 2. The summed E-state index contributed by atoms with van der Waals surface area (Å²) in [5, 5.41) is 0. The zero-order valence-electron chi connectivity index (χ0n) is 8.71. The van der Waals surface area contributed by atoms with E-state index in [2.05, 4.69) is 0 Å². The number of hydrogen-bond donors (Lipinski definition) is 0. The van der Waals surface area contributed by atoms with Gasteiger partial charge in [0.1, 0.15) is 0 Å². The van der Waals surface area contributed by atoms with Gasteiger partial charge in [0.25, 0.3) is 0 Å². The van der Waals surface area contributed by atoms with E-state index in [9.17, 15) is 4.79 Å². The lowest BCUT2D eigenvalue weighted by Crippen LogP contribution is -2.34. The average molecular weight is 189 g/mol. The van der Waals surface area contributed by atoms with Gasteiger partial charge in [-0.1, -0.05) is 0 Å². The van der Waals surface area contributed by atoms with Crippen LogP contribution in [-0.4, -0.2) is 43.9 Å². The molecule has 0 fully saturated rings. The average Bonchev–Trinajstić information content (AvgIpc) is 2.13. The summed E-state index contributed by atoms with van der Waals surface area (Å²) in [6, 6.07) is 0. The molecule has 0 spiro atoms. The van der Waals surface area contributed by atoms with E-state index in [1.807, 2.05) is 13.8 Å². The largest absolute Gasteiger partial charge is 0.450 e. The second-order valence-corrected chi connectivity index (χ2v) is 2.48. The van der Waals surface area contributed by atoms with Gasteiger partial charge < -0.3 is 14.4 Å². The van der Waals surface area contributed by atoms with Crippen molar-refractivity contribution in [1.29, 1.82) is 0 Å². The number of likely N-dealkylation sites (N-methyl/N-ethyl adjacent to an activating group) is 1. The van der Waals surface area contributed by atoms with Gasteiger partial charge in [0.05, 0.1) is 13.2 Å². The van der Waals surface area contributed by atoms with Gasteiger partial charge >= 0.3 is 6.09 Å². The molecular weight excluding hydrogens is 170 g/mol. The van der Waals surface area contributed by atoms with Gasteiger partial charge in [0.2, 0.25) is 0 Å². The zero-order chi connectivity index (χ0) is 10.1. The van der Waals surface area contributed by atoms with Crippen LogP contribution in [0, 0.1) is 0 Å². The van der Waals surface area contributed by atoms with Gasteiger partial charge in [0.15, 0.2) is 0 Å². The second-order valence-electron chi connectivity index (χ2n) is 2.48. The lowest BCUT2D eigenvalue weighted by atomic mass is 10.5. The minimum Gasteiger partial charge on any atom is -0.450 e. The van der Waals surface area contributed by atoms with E-state index < -0.39 is 0 Å². The first-order valence-corrected chi connectivity index (χ1v) is 4.75. The van der Waals surface area contributed by atoms with Crippen molar-refractivity contribution >= 4 is 6.09 Å². The third kappa shape index (κ3) is 5.47. The van der Waals surface area contributed by atoms with Gasteiger partial charge in [-0.25, -0.2) is 4.79 Å². The molecule has 0 unspecified atom stereocenters. The Balaban J connectivity index is 3.67. The molecule has 0 N–H and O–H groups in total. The fraction of sp³-hybridized carbons (Fsp3) is 0.889. The van der Waals surface area contributed by atoms with Gasteiger partial charge in [-0.15, -0.1) is 0 Å². The molecule has 13 heavy (non-hydrogen) atoms. The molecule has 0 atom stereocenters. The molecule has 4 heteroatoms. The summed E-state index contributed by atoms with van der Waals surface area (Å²) in [4.78, 5) is 12.8. The summed E-state index contributed by atoms with van der Waals surface area (Å²) in [5.74, 6) is 0. The van der Waals surface area contributed by atoms with Crippen LogP contribution in [0.5, 0.6) is 0 Å². The highest BCUT2D eigenvalue weighted by atomic mass is 16.6. The van der Waals surface area contributed by atoms with Crippen molar-refractivity contribution < 1.29 is 14.3 Å². The Morgan fingerprint density at radius 2 is 1.92 bits per heavy atom. The van der Waals surface area contributed by atoms with Crippen molar-refractivity contribution in [3.8, 4) is 0 Å².